The third-order valence-corrected chi connectivity index (χ3v) is 4.68. The Labute approximate surface area is 127 Å². The highest BCUT2D eigenvalue weighted by Gasteiger charge is 2.30. The molecule has 0 aromatic heterocycles. The van der Waals surface area contributed by atoms with Crippen molar-refractivity contribution in [2.45, 2.75) is 32.6 Å². The highest BCUT2D eigenvalue weighted by molar-refractivity contribution is 9.10. The van der Waals surface area contributed by atoms with E-state index in [0.717, 1.165) is 31.2 Å². The van der Waals surface area contributed by atoms with E-state index < -0.39 is 0 Å². The average molecular weight is 343 g/mol. The second-order valence-corrected chi connectivity index (χ2v) is 6.31. The van der Waals surface area contributed by atoms with Gasteiger partial charge in [0.1, 0.15) is 5.82 Å². The number of anilines is 1. The first-order valence-corrected chi connectivity index (χ1v) is 7.78. The molecule has 3 nitrogen and oxygen atoms in total. The van der Waals surface area contributed by atoms with Crippen molar-refractivity contribution < 1.29 is 9.18 Å². The molecular weight excluding hydrogens is 323 g/mol. The molecular formula is C15H20BrFN2O. The predicted octanol–water partition coefficient (Wildman–Crippen LogP) is 3.60. The van der Waals surface area contributed by atoms with Gasteiger partial charge in [-0.15, -0.1) is 0 Å². The summed E-state index contributed by atoms with van der Waals surface area (Å²) in [5.41, 5.74) is 7.14. The zero-order valence-corrected chi connectivity index (χ0v) is 13.2. The van der Waals surface area contributed by atoms with E-state index in [1.807, 2.05) is 0 Å². The zero-order valence-electron chi connectivity index (χ0n) is 11.6. The van der Waals surface area contributed by atoms with Crippen LogP contribution in [-0.4, -0.2) is 12.5 Å². The van der Waals surface area contributed by atoms with Gasteiger partial charge >= 0.3 is 0 Å². The van der Waals surface area contributed by atoms with Gasteiger partial charge in [-0.1, -0.05) is 12.8 Å². The van der Waals surface area contributed by atoms with Gasteiger partial charge in [0.2, 0.25) is 5.91 Å². The van der Waals surface area contributed by atoms with Crippen molar-refractivity contribution in [1.29, 1.82) is 0 Å². The monoisotopic (exact) mass is 342 g/mol. The van der Waals surface area contributed by atoms with Crippen LogP contribution in [0.25, 0.3) is 0 Å². The van der Waals surface area contributed by atoms with Crippen molar-refractivity contribution in [3.8, 4) is 0 Å². The van der Waals surface area contributed by atoms with Crippen LogP contribution in [0.2, 0.25) is 0 Å². The van der Waals surface area contributed by atoms with Gasteiger partial charge < -0.3 is 11.1 Å². The Morgan fingerprint density at radius 1 is 1.45 bits per heavy atom. The molecule has 0 saturated heterocycles. The Morgan fingerprint density at radius 3 is 2.85 bits per heavy atom. The molecule has 0 spiro atoms. The highest BCUT2D eigenvalue weighted by atomic mass is 79.9. The fraction of sp³-hybridized carbons (Fsp3) is 0.533. The lowest BCUT2D eigenvalue weighted by Crippen LogP contribution is -2.35. The van der Waals surface area contributed by atoms with E-state index in [-0.39, 0.29) is 23.6 Å². The van der Waals surface area contributed by atoms with Gasteiger partial charge in [-0.2, -0.15) is 0 Å². The van der Waals surface area contributed by atoms with Crippen molar-refractivity contribution in [1.82, 2.24) is 0 Å². The van der Waals surface area contributed by atoms with Gasteiger partial charge in [0.15, 0.2) is 0 Å². The number of carbonyl (C=O) groups excluding carboxylic acids is 1. The number of carbonyl (C=O) groups is 1. The number of hydrogen-bond donors (Lipinski definition) is 2. The molecule has 0 heterocycles. The topological polar surface area (TPSA) is 55.1 Å². The average Bonchev–Trinajstić information content (AvgIpc) is 2.44. The van der Waals surface area contributed by atoms with Gasteiger partial charge in [-0.05, 0) is 65.9 Å². The van der Waals surface area contributed by atoms with E-state index in [1.54, 1.807) is 13.0 Å². The van der Waals surface area contributed by atoms with Crippen molar-refractivity contribution in [3.63, 3.8) is 0 Å². The van der Waals surface area contributed by atoms with E-state index in [0.29, 0.717) is 16.7 Å². The van der Waals surface area contributed by atoms with Crippen LogP contribution in [0.3, 0.4) is 0 Å². The molecule has 0 aliphatic heterocycles. The summed E-state index contributed by atoms with van der Waals surface area (Å²) >= 11 is 3.15. The number of halogens is 2. The molecule has 1 aromatic rings. The molecule has 1 fully saturated rings. The SMILES string of the molecule is Cc1cc(F)c(Br)cc1NC(=O)C1CCCCC1CN. The summed E-state index contributed by atoms with van der Waals surface area (Å²) in [6.45, 7) is 2.33. The highest BCUT2D eigenvalue weighted by Crippen LogP contribution is 2.31. The van der Waals surface area contributed by atoms with Crippen LogP contribution in [0.5, 0.6) is 0 Å². The number of amides is 1. The third kappa shape index (κ3) is 3.38. The minimum atomic E-state index is -0.321. The first kappa shape index (κ1) is 15.4. The van der Waals surface area contributed by atoms with Crippen LogP contribution >= 0.6 is 15.9 Å². The lowest BCUT2D eigenvalue weighted by Gasteiger charge is -2.29. The standard InChI is InChI=1S/C15H20BrFN2O/c1-9-6-13(17)12(16)7-14(9)19-15(20)11-5-3-2-4-10(11)8-18/h6-7,10-11H,2-5,8,18H2,1H3,(H,19,20). The summed E-state index contributed by atoms with van der Waals surface area (Å²) in [7, 11) is 0. The second kappa shape index (κ2) is 6.68. The molecule has 3 N–H and O–H groups in total. The molecule has 5 heteroatoms. The lowest BCUT2D eigenvalue weighted by molar-refractivity contribution is -0.122. The summed E-state index contributed by atoms with van der Waals surface area (Å²) in [5, 5.41) is 2.92. The minimum Gasteiger partial charge on any atom is -0.330 e. The van der Waals surface area contributed by atoms with E-state index >= 15 is 0 Å². The summed E-state index contributed by atoms with van der Waals surface area (Å²) in [6.07, 6.45) is 4.11. The van der Waals surface area contributed by atoms with Crippen LogP contribution in [0.4, 0.5) is 10.1 Å². The van der Waals surface area contributed by atoms with Crippen molar-refractivity contribution in [2.75, 3.05) is 11.9 Å². The van der Waals surface area contributed by atoms with E-state index in [9.17, 15) is 9.18 Å². The van der Waals surface area contributed by atoms with Crippen molar-refractivity contribution in [3.05, 3.63) is 28.0 Å². The molecule has 2 unspecified atom stereocenters. The molecule has 20 heavy (non-hydrogen) atoms. The second-order valence-electron chi connectivity index (χ2n) is 5.46. The maximum Gasteiger partial charge on any atom is 0.227 e. The van der Waals surface area contributed by atoms with Crippen molar-refractivity contribution in [2.24, 2.45) is 17.6 Å². The van der Waals surface area contributed by atoms with Crippen molar-refractivity contribution >= 4 is 27.5 Å². The molecule has 2 atom stereocenters. The Hall–Kier alpha value is -0.940. The molecule has 110 valence electrons. The zero-order chi connectivity index (χ0) is 14.7. The normalized spacial score (nSPS) is 22.6. The van der Waals surface area contributed by atoms with Crippen LogP contribution in [0.1, 0.15) is 31.2 Å². The lowest BCUT2D eigenvalue weighted by atomic mass is 9.78. The van der Waals surface area contributed by atoms with E-state index in [2.05, 4.69) is 21.2 Å². The number of nitrogens with one attached hydrogen (secondary N) is 1. The largest absolute Gasteiger partial charge is 0.330 e. The molecule has 1 amide bonds. The number of benzene rings is 1. The van der Waals surface area contributed by atoms with Crippen LogP contribution in [0, 0.1) is 24.6 Å². The van der Waals surface area contributed by atoms with Gasteiger partial charge in [-0.25, -0.2) is 4.39 Å². The number of hydrogen-bond acceptors (Lipinski definition) is 2. The number of rotatable bonds is 3. The Morgan fingerprint density at radius 2 is 2.15 bits per heavy atom. The van der Waals surface area contributed by atoms with Gasteiger partial charge in [0.25, 0.3) is 0 Å². The third-order valence-electron chi connectivity index (χ3n) is 4.07. The summed E-state index contributed by atoms with van der Waals surface area (Å²) in [4.78, 5) is 12.4. The maximum absolute atomic E-state index is 13.4. The Balaban J connectivity index is 2.13. The Bertz CT molecular complexity index is 507. The fourth-order valence-corrected chi connectivity index (χ4v) is 3.18. The fourth-order valence-electron chi connectivity index (χ4n) is 2.84. The maximum atomic E-state index is 13.4. The van der Waals surface area contributed by atoms with Crippen LogP contribution in [-0.2, 0) is 4.79 Å². The van der Waals surface area contributed by atoms with Crippen LogP contribution in [0.15, 0.2) is 16.6 Å². The molecule has 1 aliphatic carbocycles. The quantitative estimate of drug-likeness (QED) is 0.881. The smallest absolute Gasteiger partial charge is 0.227 e. The summed E-state index contributed by atoms with van der Waals surface area (Å²) in [6, 6.07) is 3.03. The molecule has 2 rings (SSSR count). The van der Waals surface area contributed by atoms with E-state index in [4.69, 9.17) is 5.73 Å². The van der Waals surface area contributed by atoms with Crippen LogP contribution < -0.4 is 11.1 Å². The number of aryl methyl sites for hydroxylation is 1. The van der Waals surface area contributed by atoms with E-state index in [1.165, 1.54) is 6.07 Å². The van der Waals surface area contributed by atoms with Gasteiger partial charge in [0.05, 0.1) is 4.47 Å². The Kier molecular flexibility index (Phi) is 5.16. The summed E-state index contributed by atoms with van der Waals surface area (Å²) < 4.78 is 13.8. The predicted molar refractivity (Wildman–Crippen MR) is 82.0 cm³/mol. The molecule has 1 aromatic carbocycles. The first-order valence-electron chi connectivity index (χ1n) is 6.99. The molecule has 1 aliphatic rings. The number of nitrogens with two attached hydrogens (primary N) is 1. The molecule has 1 saturated carbocycles. The summed E-state index contributed by atoms with van der Waals surface area (Å²) in [5.74, 6) is -0.0929. The molecule has 0 bridgehead atoms. The minimum absolute atomic E-state index is 0.00163. The first-order chi connectivity index (χ1) is 9.52. The van der Waals surface area contributed by atoms with Gasteiger partial charge in [-0.3, -0.25) is 4.79 Å². The van der Waals surface area contributed by atoms with Gasteiger partial charge in [0, 0.05) is 11.6 Å². The molecule has 0 radical (unpaired) electrons.